The molecule has 1 fully saturated rings. The first-order chi connectivity index (χ1) is 15.4. The van der Waals surface area contributed by atoms with Gasteiger partial charge in [-0.05, 0) is 36.6 Å². The molecule has 32 heavy (non-hydrogen) atoms. The summed E-state index contributed by atoms with van der Waals surface area (Å²) in [5, 5.41) is 8.07. The summed E-state index contributed by atoms with van der Waals surface area (Å²) in [6, 6.07) is 10.2. The predicted molar refractivity (Wildman–Crippen MR) is 122 cm³/mol. The van der Waals surface area contributed by atoms with Crippen molar-refractivity contribution < 1.29 is 13.2 Å². The number of amides is 1. The summed E-state index contributed by atoms with van der Waals surface area (Å²) < 4.78 is 28.5. The Balaban J connectivity index is 1.38. The summed E-state index contributed by atoms with van der Waals surface area (Å²) in [7, 11) is -3.61. The van der Waals surface area contributed by atoms with Crippen molar-refractivity contribution in [2.45, 2.75) is 24.3 Å². The number of pyridine rings is 1. The molecule has 0 radical (unpaired) electrons. The van der Waals surface area contributed by atoms with Gasteiger partial charge in [-0.1, -0.05) is 35.3 Å². The van der Waals surface area contributed by atoms with E-state index in [4.69, 9.17) is 23.2 Å². The van der Waals surface area contributed by atoms with Gasteiger partial charge in [0, 0.05) is 37.5 Å². The van der Waals surface area contributed by atoms with Crippen molar-refractivity contribution in [2.75, 3.05) is 18.4 Å². The molecule has 0 spiro atoms. The van der Waals surface area contributed by atoms with E-state index in [9.17, 15) is 13.2 Å². The molecule has 2 aromatic heterocycles. The highest BCUT2D eigenvalue weighted by atomic mass is 35.5. The average Bonchev–Trinajstić information content (AvgIpc) is 3.24. The highest BCUT2D eigenvalue weighted by Crippen LogP contribution is 2.27. The van der Waals surface area contributed by atoms with Crippen molar-refractivity contribution in [1.82, 2.24) is 19.1 Å². The number of anilines is 1. The standard InChI is InChI=1S/C21H21Cl2N5O3S/c22-18-5-1-3-16(20(18)23)14-28-19(6-10-25-28)26-21(29)15-7-11-27(12-8-15)32(30,31)17-4-2-9-24-13-17/h1-6,9-10,13,15H,7-8,11-12,14H2,(H,26,29). The van der Waals surface area contributed by atoms with E-state index in [1.54, 1.807) is 35.1 Å². The van der Waals surface area contributed by atoms with Crippen LogP contribution in [0.5, 0.6) is 0 Å². The van der Waals surface area contributed by atoms with Crippen LogP contribution in [0.15, 0.2) is 59.9 Å². The molecule has 11 heteroatoms. The minimum atomic E-state index is -3.61. The Kier molecular flexibility index (Phi) is 6.80. The van der Waals surface area contributed by atoms with Crippen LogP contribution < -0.4 is 5.32 Å². The maximum absolute atomic E-state index is 12.8. The first-order valence-electron chi connectivity index (χ1n) is 10.0. The zero-order valence-corrected chi connectivity index (χ0v) is 19.3. The SMILES string of the molecule is O=C(Nc1ccnn1Cc1cccc(Cl)c1Cl)C1CCN(S(=O)(=O)c2cccnc2)CC1. The van der Waals surface area contributed by atoms with Crippen LogP contribution in [0, 0.1) is 5.92 Å². The summed E-state index contributed by atoms with van der Waals surface area (Å²) in [6.07, 6.45) is 5.32. The summed E-state index contributed by atoms with van der Waals surface area (Å²) in [5.41, 5.74) is 0.785. The van der Waals surface area contributed by atoms with Gasteiger partial charge in [-0.15, -0.1) is 0 Å². The fourth-order valence-electron chi connectivity index (χ4n) is 3.63. The minimum absolute atomic E-state index is 0.159. The number of piperidine rings is 1. The number of nitrogens with zero attached hydrogens (tertiary/aromatic N) is 4. The van der Waals surface area contributed by atoms with Crippen molar-refractivity contribution in [3.63, 3.8) is 0 Å². The molecule has 0 bridgehead atoms. The molecule has 0 unspecified atom stereocenters. The molecule has 4 rings (SSSR count). The second-order valence-electron chi connectivity index (χ2n) is 7.44. The maximum atomic E-state index is 12.8. The van der Waals surface area contributed by atoms with Gasteiger partial charge in [-0.25, -0.2) is 13.1 Å². The van der Waals surface area contributed by atoms with E-state index in [0.29, 0.717) is 35.2 Å². The molecule has 1 amide bonds. The molecule has 1 aliphatic rings. The van der Waals surface area contributed by atoms with Crippen LogP contribution >= 0.6 is 23.2 Å². The van der Waals surface area contributed by atoms with Crippen LogP contribution in [-0.2, 0) is 21.4 Å². The van der Waals surface area contributed by atoms with E-state index in [0.717, 1.165) is 5.56 Å². The van der Waals surface area contributed by atoms with Crippen LogP contribution in [0.3, 0.4) is 0 Å². The number of benzene rings is 1. The van der Waals surface area contributed by atoms with E-state index in [-0.39, 0.29) is 29.8 Å². The van der Waals surface area contributed by atoms with Crippen molar-refractivity contribution in [1.29, 1.82) is 0 Å². The Morgan fingerprint density at radius 3 is 2.59 bits per heavy atom. The fraction of sp³-hybridized carbons (Fsp3) is 0.286. The zero-order valence-electron chi connectivity index (χ0n) is 17.0. The first kappa shape index (κ1) is 22.7. The Hall–Kier alpha value is -2.46. The van der Waals surface area contributed by atoms with E-state index >= 15 is 0 Å². The van der Waals surface area contributed by atoms with E-state index in [1.165, 1.54) is 22.8 Å². The molecule has 1 N–H and O–H groups in total. The third-order valence-electron chi connectivity index (χ3n) is 5.42. The largest absolute Gasteiger partial charge is 0.311 e. The molecule has 0 aliphatic carbocycles. The Morgan fingerprint density at radius 2 is 1.88 bits per heavy atom. The summed E-state index contributed by atoms with van der Waals surface area (Å²) >= 11 is 12.3. The van der Waals surface area contributed by atoms with Gasteiger partial charge in [-0.2, -0.15) is 9.40 Å². The predicted octanol–water partition coefficient (Wildman–Crippen LogP) is 3.67. The second kappa shape index (κ2) is 9.58. The second-order valence-corrected chi connectivity index (χ2v) is 10.2. The lowest BCUT2D eigenvalue weighted by atomic mass is 9.97. The average molecular weight is 494 g/mol. The first-order valence-corrected chi connectivity index (χ1v) is 12.2. The molecule has 0 saturated carbocycles. The molecule has 1 saturated heterocycles. The fourth-order valence-corrected chi connectivity index (χ4v) is 5.45. The van der Waals surface area contributed by atoms with Crippen LogP contribution in [-0.4, -0.2) is 46.5 Å². The normalized spacial score (nSPS) is 15.6. The highest BCUT2D eigenvalue weighted by molar-refractivity contribution is 7.89. The van der Waals surface area contributed by atoms with E-state index < -0.39 is 10.0 Å². The van der Waals surface area contributed by atoms with Gasteiger partial charge in [0.15, 0.2) is 0 Å². The zero-order chi connectivity index (χ0) is 22.7. The Labute approximate surface area is 196 Å². The number of hydrogen-bond acceptors (Lipinski definition) is 5. The molecule has 3 heterocycles. The van der Waals surface area contributed by atoms with Gasteiger partial charge in [0.2, 0.25) is 15.9 Å². The lowest BCUT2D eigenvalue weighted by molar-refractivity contribution is -0.121. The van der Waals surface area contributed by atoms with E-state index in [1.807, 2.05) is 6.07 Å². The van der Waals surface area contributed by atoms with Gasteiger partial charge >= 0.3 is 0 Å². The number of sulfonamides is 1. The molecular formula is C21H21Cl2N5O3S. The number of carbonyl (C=O) groups is 1. The van der Waals surface area contributed by atoms with Gasteiger partial charge in [0.1, 0.15) is 10.7 Å². The summed E-state index contributed by atoms with van der Waals surface area (Å²) in [5.74, 6) is 0.0762. The van der Waals surface area contributed by atoms with Gasteiger partial charge in [0.05, 0.1) is 22.8 Å². The summed E-state index contributed by atoms with van der Waals surface area (Å²) in [4.78, 5) is 16.9. The number of nitrogens with one attached hydrogen (secondary N) is 1. The number of aromatic nitrogens is 3. The van der Waals surface area contributed by atoms with E-state index in [2.05, 4.69) is 15.4 Å². The van der Waals surface area contributed by atoms with Crippen molar-refractivity contribution in [2.24, 2.45) is 5.92 Å². The number of carbonyl (C=O) groups excluding carboxylic acids is 1. The Morgan fingerprint density at radius 1 is 1.09 bits per heavy atom. The van der Waals surface area contributed by atoms with Crippen LogP contribution in [0.25, 0.3) is 0 Å². The lowest BCUT2D eigenvalue weighted by Gasteiger charge is -2.30. The smallest absolute Gasteiger partial charge is 0.244 e. The van der Waals surface area contributed by atoms with Gasteiger partial charge < -0.3 is 5.32 Å². The van der Waals surface area contributed by atoms with Crippen molar-refractivity contribution in [3.05, 3.63) is 70.6 Å². The van der Waals surface area contributed by atoms with Crippen LogP contribution in [0.1, 0.15) is 18.4 Å². The molecule has 1 aromatic carbocycles. The van der Waals surface area contributed by atoms with Crippen LogP contribution in [0.2, 0.25) is 10.0 Å². The monoisotopic (exact) mass is 493 g/mol. The van der Waals surface area contributed by atoms with Crippen molar-refractivity contribution in [3.8, 4) is 0 Å². The topological polar surface area (TPSA) is 97.2 Å². The molecule has 0 atom stereocenters. The van der Waals surface area contributed by atoms with Gasteiger partial charge in [0.25, 0.3) is 0 Å². The minimum Gasteiger partial charge on any atom is -0.311 e. The lowest BCUT2D eigenvalue weighted by Crippen LogP contribution is -2.41. The summed E-state index contributed by atoms with van der Waals surface area (Å²) in [6.45, 7) is 0.892. The molecule has 3 aromatic rings. The highest BCUT2D eigenvalue weighted by Gasteiger charge is 2.32. The maximum Gasteiger partial charge on any atom is 0.244 e. The number of halogens is 2. The van der Waals surface area contributed by atoms with Gasteiger partial charge in [-0.3, -0.25) is 9.78 Å². The quantitative estimate of drug-likeness (QED) is 0.564. The number of rotatable bonds is 6. The molecule has 8 nitrogen and oxygen atoms in total. The number of hydrogen-bond donors (Lipinski definition) is 1. The molecular weight excluding hydrogens is 473 g/mol. The van der Waals surface area contributed by atoms with Crippen LogP contribution in [0.4, 0.5) is 5.82 Å². The van der Waals surface area contributed by atoms with Crippen molar-refractivity contribution >= 4 is 45.0 Å². The molecule has 1 aliphatic heterocycles. The Bertz CT molecular complexity index is 1210. The third kappa shape index (κ3) is 4.80. The third-order valence-corrected chi connectivity index (χ3v) is 8.16. The molecule has 168 valence electrons.